The largest absolute Gasteiger partial charge is 4.00 e. The van der Waals surface area contributed by atoms with Crippen molar-refractivity contribution in [2.24, 2.45) is 0 Å². The van der Waals surface area contributed by atoms with E-state index in [1.165, 1.54) is 0 Å². The van der Waals surface area contributed by atoms with Crippen LogP contribution in [0.4, 0.5) is 0 Å². The molecule has 0 nitrogen and oxygen atoms in total. The Balaban J connectivity index is -0.000000270. The van der Waals surface area contributed by atoms with Gasteiger partial charge in [0, 0.05) is 16.1 Å². The monoisotopic (exact) mass is 402 g/mol. The third-order valence-electron chi connectivity index (χ3n) is 3.06. The van der Waals surface area contributed by atoms with E-state index in [4.69, 9.17) is 0 Å². The molecule has 0 radical (unpaired) electrons. The van der Waals surface area contributed by atoms with E-state index in [9.17, 15) is 0 Å². The molecule has 0 fully saturated rings. The van der Waals surface area contributed by atoms with Crippen molar-refractivity contribution >= 4 is 26.5 Å². The second kappa shape index (κ2) is 10.5. The second-order valence-corrected chi connectivity index (χ2v) is 17.0. The Labute approximate surface area is 150 Å². The minimum Gasteiger partial charge on any atom is -0.358 e. The summed E-state index contributed by atoms with van der Waals surface area (Å²) >= 11 is 0. The van der Waals surface area contributed by atoms with Crippen LogP contribution < -0.4 is 10.4 Å². The average Bonchev–Trinajstić information content (AvgIpc) is 2.91. The van der Waals surface area contributed by atoms with Crippen molar-refractivity contribution in [1.29, 1.82) is 0 Å². The van der Waals surface area contributed by atoms with Gasteiger partial charge < -0.3 is 14.9 Å². The van der Waals surface area contributed by atoms with E-state index >= 15 is 0 Å². The number of hydrogen-bond acceptors (Lipinski definition) is 0. The second-order valence-electron chi connectivity index (χ2n) is 6.85. The first kappa shape index (κ1) is 25.8. The van der Waals surface area contributed by atoms with Crippen molar-refractivity contribution in [3.8, 4) is 0 Å². The number of rotatable bonds is 2. The predicted molar refractivity (Wildman–Crippen MR) is 103 cm³/mol. The molecule has 0 heterocycles. The van der Waals surface area contributed by atoms with Gasteiger partial charge in [-0.3, -0.25) is 0 Å². The molecule has 0 saturated heterocycles. The molecule has 0 N–H and O–H groups in total. The molecular formula is C18H32MoSi2. The molecule has 0 bridgehead atoms. The molecule has 0 spiro atoms. The fourth-order valence-corrected chi connectivity index (χ4v) is 4.13. The van der Waals surface area contributed by atoms with Gasteiger partial charge in [0.1, 0.15) is 0 Å². The summed E-state index contributed by atoms with van der Waals surface area (Å²) < 4.78 is 0. The van der Waals surface area contributed by atoms with E-state index in [0.717, 1.165) is 0 Å². The average molecular weight is 401 g/mol. The van der Waals surface area contributed by atoms with E-state index in [2.05, 4.69) is 87.8 Å². The fraction of sp³-hybridized carbons (Fsp3) is 0.333. The van der Waals surface area contributed by atoms with E-state index in [-0.39, 0.29) is 35.9 Å². The Morgan fingerprint density at radius 3 is 0.810 bits per heavy atom. The molecule has 21 heavy (non-hydrogen) atoms. The van der Waals surface area contributed by atoms with Crippen LogP contribution in [0.2, 0.25) is 39.3 Å². The van der Waals surface area contributed by atoms with Gasteiger partial charge in [0.15, 0.2) is 0 Å². The molecule has 0 aromatic heterocycles. The molecule has 0 unspecified atom stereocenters. The van der Waals surface area contributed by atoms with Crippen molar-refractivity contribution in [3.05, 3.63) is 63.4 Å². The van der Waals surface area contributed by atoms with Crippen LogP contribution in [-0.2, 0) is 21.1 Å². The maximum absolute atomic E-state index is 2.36. The Hall–Kier alpha value is -0.178. The molecule has 2 aromatic carbocycles. The van der Waals surface area contributed by atoms with Crippen LogP contribution >= 0.6 is 0 Å². The molecule has 0 amide bonds. The molecule has 0 aliphatic rings. The Morgan fingerprint density at radius 1 is 0.524 bits per heavy atom. The third-order valence-corrected chi connectivity index (χ3v) is 7.19. The Bertz CT molecular complexity index is 384. The van der Waals surface area contributed by atoms with Crippen LogP contribution in [0.15, 0.2) is 48.5 Å². The maximum atomic E-state index is 2.36. The van der Waals surface area contributed by atoms with Crippen LogP contribution in [0.5, 0.6) is 0 Å². The van der Waals surface area contributed by atoms with Gasteiger partial charge >= 0.3 is 21.1 Å². The molecule has 2 aromatic rings. The van der Waals surface area contributed by atoms with Gasteiger partial charge in [-0.05, 0) is 0 Å². The molecule has 3 heteroatoms. The van der Waals surface area contributed by atoms with Crippen molar-refractivity contribution in [2.45, 2.75) is 39.3 Å². The third kappa shape index (κ3) is 9.44. The van der Waals surface area contributed by atoms with Crippen molar-refractivity contribution in [3.63, 3.8) is 0 Å². The van der Waals surface area contributed by atoms with Crippen molar-refractivity contribution < 1.29 is 21.1 Å². The molecule has 0 aliphatic carbocycles. The van der Waals surface area contributed by atoms with E-state index in [1.807, 2.05) is 0 Å². The molecular weight excluding hydrogens is 368 g/mol. The molecule has 2 rings (SSSR count). The van der Waals surface area contributed by atoms with Gasteiger partial charge in [0.2, 0.25) is 0 Å². The molecule has 0 aliphatic heterocycles. The molecule has 0 atom stereocenters. The zero-order chi connectivity index (χ0) is 13.8. The Morgan fingerprint density at radius 2 is 0.714 bits per heavy atom. The van der Waals surface area contributed by atoms with Gasteiger partial charge in [0.05, 0.1) is 0 Å². The molecule has 118 valence electrons. The quantitative estimate of drug-likeness (QED) is 0.502. The summed E-state index contributed by atoms with van der Waals surface area (Å²) in [6.07, 6.45) is 0. The van der Waals surface area contributed by atoms with Crippen LogP contribution in [0.3, 0.4) is 0 Å². The van der Waals surface area contributed by atoms with E-state index in [1.54, 1.807) is 10.4 Å². The summed E-state index contributed by atoms with van der Waals surface area (Å²) in [6, 6.07) is 17.4. The van der Waals surface area contributed by atoms with Gasteiger partial charge in [-0.1, -0.05) is 39.3 Å². The first-order valence-electron chi connectivity index (χ1n) is 6.65. The van der Waals surface area contributed by atoms with E-state index in [0.29, 0.717) is 0 Å². The summed E-state index contributed by atoms with van der Waals surface area (Å²) in [6.45, 7) is 14.2. The normalized spacial score (nSPS) is 10.2. The summed E-state index contributed by atoms with van der Waals surface area (Å²) in [7, 11) is -1.96. The summed E-state index contributed by atoms with van der Waals surface area (Å²) in [4.78, 5) is 0. The van der Waals surface area contributed by atoms with Gasteiger partial charge in [-0.2, -0.15) is 34.6 Å². The maximum Gasteiger partial charge on any atom is 4.00 e. The fourth-order valence-electron chi connectivity index (χ4n) is 1.75. The Kier molecular flexibility index (Phi) is 12.9. The van der Waals surface area contributed by atoms with E-state index < -0.39 is 16.1 Å². The van der Waals surface area contributed by atoms with Crippen molar-refractivity contribution in [2.75, 3.05) is 0 Å². The van der Waals surface area contributed by atoms with Gasteiger partial charge in [-0.15, -0.1) is 0 Å². The minimum absolute atomic E-state index is 0. The topological polar surface area (TPSA) is 0 Å². The number of hydrogen-bond donors (Lipinski definition) is 0. The van der Waals surface area contributed by atoms with Gasteiger partial charge in [0.25, 0.3) is 0 Å². The molecule has 0 saturated carbocycles. The minimum atomic E-state index is -0.981. The predicted octanol–water partition coefficient (Wildman–Crippen LogP) is 4.80. The van der Waals surface area contributed by atoms with Crippen LogP contribution in [0.1, 0.15) is 0 Å². The first-order valence-corrected chi connectivity index (χ1v) is 13.7. The zero-order valence-corrected chi connectivity index (χ0v) is 19.0. The summed E-state index contributed by atoms with van der Waals surface area (Å²) in [5.74, 6) is 0. The van der Waals surface area contributed by atoms with Gasteiger partial charge in [-0.25, -0.2) is 24.3 Å². The summed E-state index contributed by atoms with van der Waals surface area (Å²) in [5.41, 5.74) is 0. The summed E-state index contributed by atoms with van der Waals surface area (Å²) in [5, 5.41) is 3.12. The zero-order valence-electron chi connectivity index (χ0n) is 15.0. The smallest absolute Gasteiger partial charge is 0.358 e. The van der Waals surface area contributed by atoms with Crippen LogP contribution in [-0.4, -0.2) is 16.1 Å². The first-order chi connectivity index (χ1) is 8.21. The van der Waals surface area contributed by atoms with Crippen LogP contribution in [0, 0.1) is 14.9 Å². The van der Waals surface area contributed by atoms with Crippen LogP contribution in [0.25, 0.3) is 0 Å². The SMILES string of the molecule is C[Si](C)(C)[c-]1cccc1.C[Si](C)(C)[c-]1cccc1.[CH3-].[CH3-].[Mo+4]. The van der Waals surface area contributed by atoms with Crippen molar-refractivity contribution in [1.82, 2.24) is 0 Å². The standard InChI is InChI=1S/2C8H13Si.2CH3.Mo/c2*1-9(2,3)8-6-4-5-7-8;;;/h2*4-7H,1-3H3;2*1H3;/q4*-1;+4.